The molecule has 0 fully saturated rings. The third-order valence-corrected chi connectivity index (χ3v) is 5.53. The van der Waals surface area contributed by atoms with Gasteiger partial charge in [0.2, 0.25) is 8.32 Å². The van der Waals surface area contributed by atoms with E-state index in [1.54, 1.807) is 11.5 Å². The SMILES string of the molecule is C#CNO[Si](C)(C)CCC(F)(F)C(F)(F)C(F)(F)C(F)(F)C(F)(F)C(F)(F)F. The molecule has 0 aromatic rings. The summed E-state index contributed by atoms with van der Waals surface area (Å²) in [7, 11) is -3.41. The minimum Gasteiger partial charge on any atom is -0.315 e. The maximum Gasteiger partial charge on any atom is 0.460 e. The molecule has 0 radical (unpaired) electrons. The zero-order valence-electron chi connectivity index (χ0n) is 13.8. The van der Waals surface area contributed by atoms with Crippen molar-refractivity contribution in [2.75, 3.05) is 0 Å². The normalized spacial score (nSPS) is 15.4. The van der Waals surface area contributed by atoms with Crippen LogP contribution < -0.4 is 5.48 Å². The summed E-state index contributed by atoms with van der Waals surface area (Å²) in [6, 6.07) is 0.507. The molecule has 0 aliphatic carbocycles. The van der Waals surface area contributed by atoms with E-state index in [1.165, 1.54) is 0 Å². The molecule has 0 spiro atoms. The highest BCUT2D eigenvalue weighted by molar-refractivity contribution is 6.71. The van der Waals surface area contributed by atoms with Crippen LogP contribution in [0.5, 0.6) is 0 Å². The average molecular weight is 461 g/mol. The molecule has 0 atom stereocenters. The third-order valence-electron chi connectivity index (χ3n) is 3.43. The summed E-state index contributed by atoms with van der Waals surface area (Å²) >= 11 is 0. The predicted octanol–water partition coefficient (Wildman–Crippen LogP) is 5.43. The maximum atomic E-state index is 13.6. The number of halogens is 13. The Bertz CT molecular complexity index is 593. The molecule has 0 aromatic heterocycles. The molecular formula is C12H12F13NOSi. The van der Waals surface area contributed by atoms with Gasteiger partial charge in [0.1, 0.15) is 0 Å². The highest BCUT2D eigenvalue weighted by Crippen LogP contribution is 2.60. The predicted molar refractivity (Wildman–Crippen MR) is 70.7 cm³/mol. The van der Waals surface area contributed by atoms with Crippen molar-refractivity contribution >= 4 is 8.32 Å². The first-order valence-electron chi connectivity index (χ1n) is 6.86. The van der Waals surface area contributed by atoms with E-state index in [2.05, 4.69) is 4.53 Å². The first kappa shape index (κ1) is 26.6. The highest BCUT2D eigenvalue weighted by atomic mass is 28.4. The summed E-state index contributed by atoms with van der Waals surface area (Å²) in [5.41, 5.74) is 1.72. The van der Waals surface area contributed by atoms with Gasteiger partial charge >= 0.3 is 35.8 Å². The zero-order valence-corrected chi connectivity index (χ0v) is 14.8. The first-order valence-corrected chi connectivity index (χ1v) is 9.98. The lowest BCUT2D eigenvalue weighted by atomic mass is 9.93. The topological polar surface area (TPSA) is 21.3 Å². The molecule has 0 saturated carbocycles. The van der Waals surface area contributed by atoms with Gasteiger partial charge in [0.25, 0.3) is 0 Å². The molecular weight excluding hydrogens is 449 g/mol. The van der Waals surface area contributed by atoms with Crippen molar-refractivity contribution in [3.63, 3.8) is 0 Å². The molecule has 2 nitrogen and oxygen atoms in total. The second-order valence-electron chi connectivity index (χ2n) is 6.11. The van der Waals surface area contributed by atoms with Gasteiger partial charge in [0.15, 0.2) is 0 Å². The van der Waals surface area contributed by atoms with E-state index in [1.807, 2.05) is 0 Å². The van der Waals surface area contributed by atoms with Gasteiger partial charge < -0.3 is 4.53 Å². The van der Waals surface area contributed by atoms with E-state index < -0.39 is 56.6 Å². The number of nitrogens with one attached hydrogen (secondary N) is 1. The van der Waals surface area contributed by atoms with Crippen molar-refractivity contribution < 1.29 is 61.6 Å². The van der Waals surface area contributed by atoms with E-state index in [-0.39, 0.29) is 0 Å². The lowest BCUT2D eigenvalue weighted by Gasteiger charge is -2.40. The molecule has 0 aliphatic heterocycles. The quantitative estimate of drug-likeness (QED) is 0.163. The van der Waals surface area contributed by atoms with Crippen LogP contribution in [0.1, 0.15) is 6.42 Å². The van der Waals surface area contributed by atoms with Crippen LogP contribution >= 0.6 is 0 Å². The van der Waals surface area contributed by atoms with Crippen LogP contribution in [0.4, 0.5) is 57.1 Å². The van der Waals surface area contributed by atoms with Gasteiger partial charge in [-0.3, -0.25) is 0 Å². The summed E-state index contributed by atoms with van der Waals surface area (Å²) in [5.74, 6) is -36.8. The van der Waals surface area contributed by atoms with Gasteiger partial charge in [-0.1, -0.05) is 6.42 Å². The number of hydroxylamine groups is 1. The van der Waals surface area contributed by atoms with Crippen molar-refractivity contribution in [1.82, 2.24) is 5.48 Å². The van der Waals surface area contributed by atoms with E-state index in [4.69, 9.17) is 6.42 Å². The van der Waals surface area contributed by atoms with Crippen molar-refractivity contribution in [1.29, 1.82) is 0 Å². The monoisotopic (exact) mass is 461 g/mol. The Morgan fingerprint density at radius 2 is 1.14 bits per heavy atom. The third kappa shape index (κ3) is 4.44. The molecule has 0 bridgehead atoms. The zero-order chi connectivity index (χ0) is 23.0. The minimum atomic E-state index is -7.89. The summed E-state index contributed by atoms with van der Waals surface area (Å²) in [5, 5.41) is 0. The van der Waals surface area contributed by atoms with Crippen molar-refractivity contribution in [3.05, 3.63) is 0 Å². The van der Waals surface area contributed by atoms with Gasteiger partial charge in [-0.2, -0.15) is 57.1 Å². The molecule has 1 N–H and O–H groups in total. The Balaban J connectivity index is 5.90. The summed E-state index contributed by atoms with van der Waals surface area (Å²) < 4.78 is 173. The molecule has 166 valence electrons. The summed E-state index contributed by atoms with van der Waals surface area (Å²) in [6.45, 7) is 2.10. The number of rotatable bonds is 9. The summed E-state index contributed by atoms with van der Waals surface area (Å²) in [6.07, 6.45) is -5.03. The molecule has 0 saturated heterocycles. The first-order chi connectivity index (χ1) is 12.0. The van der Waals surface area contributed by atoms with E-state index in [0.717, 1.165) is 13.1 Å². The van der Waals surface area contributed by atoms with Crippen LogP contribution in [0.25, 0.3) is 0 Å². The number of hydrogen-bond acceptors (Lipinski definition) is 2. The highest BCUT2D eigenvalue weighted by Gasteiger charge is 2.90. The smallest absolute Gasteiger partial charge is 0.315 e. The van der Waals surface area contributed by atoms with E-state index in [9.17, 15) is 57.1 Å². The number of alkyl halides is 13. The Hall–Kier alpha value is -1.37. The maximum absolute atomic E-state index is 13.6. The van der Waals surface area contributed by atoms with Crippen LogP contribution in [0.3, 0.4) is 0 Å². The molecule has 0 amide bonds. The van der Waals surface area contributed by atoms with Gasteiger partial charge in [0, 0.05) is 12.5 Å². The van der Waals surface area contributed by atoms with E-state index >= 15 is 0 Å². The van der Waals surface area contributed by atoms with Gasteiger partial charge in [0.05, 0.1) is 0 Å². The largest absolute Gasteiger partial charge is 0.460 e. The minimum absolute atomic E-state index is 1.05. The molecule has 0 aliphatic rings. The Morgan fingerprint density at radius 3 is 1.50 bits per heavy atom. The van der Waals surface area contributed by atoms with Crippen LogP contribution in [0.2, 0.25) is 19.1 Å². The lowest BCUT2D eigenvalue weighted by Crippen LogP contribution is -2.70. The molecule has 0 aromatic carbocycles. The summed E-state index contributed by atoms with van der Waals surface area (Å²) in [4.78, 5) is 0. The van der Waals surface area contributed by atoms with Gasteiger partial charge in [-0.25, -0.2) is 5.48 Å². The molecule has 0 heterocycles. The second-order valence-corrected chi connectivity index (χ2v) is 10.3. The van der Waals surface area contributed by atoms with Crippen LogP contribution in [0.15, 0.2) is 0 Å². The number of terminal acetylenes is 1. The molecule has 28 heavy (non-hydrogen) atoms. The Labute approximate surface area is 150 Å². The average Bonchev–Trinajstić information content (AvgIpc) is 2.49. The van der Waals surface area contributed by atoms with Crippen LogP contribution in [-0.4, -0.2) is 44.1 Å². The molecule has 0 rings (SSSR count). The Morgan fingerprint density at radius 1 is 0.750 bits per heavy atom. The molecule has 16 heteroatoms. The van der Waals surface area contributed by atoms with Crippen molar-refractivity contribution in [2.45, 2.75) is 61.3 Å². The fourth-order valence-corrected chi connectivity index (χ4v) is 2.99. The van der Waals surface area contributed by atoms with Crippen LogP contribution in [0, 0.1) is 12.5 Å². The van der Waals surface area contributed by atoms with Crippen molar-refractivity contribution in [3.8, 4) is 12.5 Å². The van der Waals surface area contributed by atoms with Crippen LogP contribution in [-0.2, 0) is 4.53 Å². The fraction of sp³-hybridized carbons (Fsp3) is 0.833. The Kier molecular flexibility index (Phi) is 7.10. The van der Waals surface area contributed by atoms with Gasteiger partial charge in [-0.15, -0.1) is 0 Å². The number of hydrogen-bond donors (Lipinski definition) is 1. The van der Waals surface area contributed by atoms with Gasteiger partial charge in [-0.05, 0) is 19.1 Å². The standard InChI is InChI=1S/C12H12F13NOSi/c1-4-26-27-28(2,3)6-5-7(13,14)8(15,16)9(17,18)10(19,20)11(21,22)12(23,24)25/h1,26H,5-6H2,2-3H3. The van der Waals surface area contributed by atoms with E-state index in [0.29, 0.717) is 0 Å². The molecule has 0 unspecified atom stereocenters. The fourth-order valence-electron chi connectivity index (χ4n) is 1.64. The second kappa shape index (κ2) is 7.47. The lowest BCUT2D eigenvalue weighted by molar-refractivity contribution is -0.439. The van der Waals surface area contributed by atoms with Crippen molar-refractivity contribution in [2.24, 2.45) is 0 Å².